The Labute approximate surface area is 151 Å². The molecule has 8 heteroatoms. The third-order valence-corrected chi connectivity index (χ3v) is 5.62. The second-order valence-corrected chi connectivity index (χ2v) is 7.67. The van der Waals surface area contributed by atoms with Gasteiger partial charge in [-0.05, 0) is 43.3 Å². The zero-order chi connectivity index (χ0) is 17.7. The maximum absolute atomic E-state index is 12.0. The normalized spacial score (nSPS) is 11.3. The van der Waals surface area contributed by atoms with E-state index in [0.717, 1.165) is 5.56 Å². The fourth-order valence-electron chi connectivity index (χ4n) is 2.02. The first-order chi connectivity index (χ1) is 11.3. The molecule has 5 nitrogen and oxygen atoms in total. The van der Waals surface area contributed by atoms with E-state index >= 15 is 0 Å². The third-order valence-electron chi connectivity index (χ3n) is 3.37. The van der Waals surface area contributed by atoms with E-state index in [9.17, 15) is 13.2 Å². The number of nitrogens with one attached hydrogen (secondary N) is 2. The van der Waals surface area contributed by atoms with E-state index in [2.05, 4.69) is 10.0 Å². The number of anilines is 1. The Bertz CT molecular complexity index is 837. The third kappa shape index (κ3) is 4.70. The zero-order valence-corrected chi connectivity index (χ0v) is 15.2. The lowest BCUT2D eigenvalue weighted by molar-refractivity contribution is -0.116. The van der Waals surface area contributed by atoms with Crippen LogP contribution in [0.25, 0.3) is 0 Å². The van der Waals surface area contributed by atoms with Gasteiger partial charge in [0.05, 0.1) is 20.6 Å². The van der Waals surface area contributed by atoms with Crippen molar-refractivity contribution in [2.45, 2.75) is 17.7 Å². The van der Waals surface area contributed by atoms with Crippen LogP contribution in [0.1, 0.15) is 12.0 Å². The molecule has 0 saturated heterocycles. The number of hydrogen-bond acceptors (Lipinski definition) is 3. The van der Waals surface area contributed by atoms with Crippen molar-refractivity contribution in [2.75, 3.05) is 12.4 Å². The molecule has 0 saturated carbocycles. The van der Waals surface area contributed by atoms with E-state index in [-0.39, 0.29) is 17.2 Å². The summed E-state index contributed by atoms with van der Waals surface area (Å²) in [5.41, 5.74) is 1.32. The number of sulfonamides is 1. The van der Waals surface area contributed by atoms with Gasteiger partial charge in [-0.15, -0.1) is 0 Å². The van der Waals surface area contributed by atoms with Crippen molar-refractivity contribution < 1.29 is 13.2 Å². The molecule has 24 heavy (non-hydrogen) atoms. The molecule has 0 aliphatic carbocycles. The summed E-state index contributed by atoms with van der Waals surface area (Å²) >= 11 is 11.9. The van der Waals surface area contributed by atoms with Crippen LogP contribution in [0, 0.1) is 0 Å². The second kappa shape index (κ2) is 7.98. The minimum Gasteiger partial charge on any atom is -0.325 e. The largest absolute Gasteiger partial charge is 0.325 e. The fourth-order valence-corrected chi connectivity index (χ4v) is 3.10. The predicted octanol–water partition coefficient (Wildman–Crippen LogP) is 3.47. The molecule has 2 aromatic carbocycles. The SMILES string of the molecule is CNS(=O)(=O)c1ccc(CCC(=O)Nc2cccc(Cl)c2Cl)cc1. The summed E-state index contributed by atoms with van der Waals surface area (Å²) in [5, 5.41) is 3.38. The van der Waals surface area contributed by atoms with Crippen LogP contribution in [-0.4, -0.2) is 21.4 Å². The zero-order valence-electron chi connectivity index (χ0n) is 12.8. The van der Waals surface area contributed by atoms with Gasteiger partial charge in [0.1, 0.15) is 0 Å². The highest BCUT2D eigenvalue weighted by molar-refractivity contribution is 7.89. The van der Waals surface area contributed by atoms with Gasteiger partial charge in [0.25, 0.3) is 0 Å². The van der Waals surface area contributed by atoms with Crippen molar-refractivity contribution in [3.05, 3.63) is 58.1 Å². The summed E-state index contributed by atoms with van der Waals surface area (Å²) in [7, 11) is -2.10. The number of amides is 1. The van der Waals surface area contributed by atoms with Crippen molar-refractivity contribution in [3.63, 3.8) is 0 Å². The van der Waals surface area contributed by atoms with Gasteiger partial charge >= 0.3 is 0 Å². The smallest absolute Gasteiger partial charge is 0.240 e. The number of benzene rings is 2. The minimum absolute atomic E-state index is 0.184. The number of carbonyl (C=O) groups is 1. The molecule has 0 radical (unpaired) electrons. The quantitative estimate of drug-likeness (QED) is 0.797. The molecule has 128 valence electrons. The molecular weight excluding hydrogens is 371 g/mol. The molecule has 0 heterocycles. The Morgan fingerprint density at radius 1 is 1.08 bits per heavy atom. The van der Waals surface area contributed by atoms with Crippen molar-refractivity contribution in [2.24, 2.45) is 0 Å². The summed E-state index contributed by atoms with van der Waals surface area (Å²) in [6.07, 6.45) is 0.713. The van der Waals surface area contributed by atoms with Gasteiger partial charge in [-0.3, -0.25) is 4.79 Å². The molecule has 0 bridgehead atoms. The lowest BCUT2D eigenvalue weighted by Crippen LogP contribution is -2.18. The fraction of sp³-hybridized carbons (Fsp3) is 0.188. The first-order valence-electron chi connectivity index (χ1n) is 7.10. The predicted molar refractivity (Wildman–Crippen MR) is 96.1 cm³/mol. The standard InChI is InChI=1S/C16H16Cl2N2O3S/c1-19-24(22,23)12-8-5-11(6-9-12)7-10-15(21)20-14-4-2-3-13(17)16(14)18/h2-6,8-9,19H,7,10H2,1H3,(H,20,21). The van der Waals surface area contributed by atoms with Gasteiger partial charge < -0.3 is 5.32 Å². The highest BCUT2D eigenvalue weighted by atomic mass is 35.5. The van der Waals surface area contributed by atoms with E-state index in [4.69, 9.17) is 23.2 Å². The molecule has 0 unspecified atom stereocenters. The first-order valence-corrected chi connectivity index (χ1v) is 9.34. The Morgan fingerprint density at radius 3 is 2.38 bits per heavy atom. The van der Waals surface area contributed by atoms with E-state index in [0.29, 0.717) is 22.2 Å². The van der Waals surface area contributed by atoms with Crippen molar-refractivity contribution >= 4 is 44.8 Å². The topological polar surface area (TPSA) is 75.3 Å². The molecule has 1 amide bonds. The monoisotopic (exact) mass is 386 g/mol. The molecular formula is C16H16Cl2N2O3S. The number of aryl methyl sites for hydroxylation is 1. The molecule has 0 aliphatic rings. The van der Waals surface area contributed by atoms with Gasteiger partial charge in [-0.2, -0.15) is 0 Å². The molecule has 0 spiro atoms. The Hall–Kier alpha value is -1.60. The van der Waals surface area contributed by atoms with Crippen LogP contribution in [0.15, 0.2) is 47.4 Å². The lowest BCUT2D eigenvalue weighted by atomic mass is 10.1. The van der Waals surface area contributed by atoms with Crippen LogP contribution >= 0.6 is 23.2 Å². The molecule has 0 aliphatic heterocycles. The van der Waals surface area contributed by atoms with Gasteiger partial charge in [-0.25, -0.2) is 13.1 Å². The highest BCUT2D eigenvalue weighted by Crippen LogP contribution is 2.29. The number of rotatable bonds is 6. The van der Waals surface area contributed by atoms with Gasteiger partial charge in [0, 0.05) is 6.42 Å². The van der Waals surface area contributed by atoms with Crippen LogP contribution in [0.2, 0.25) is 10.0 Å². The maximum atomic E-state index is 12.0. The van der Waals surface area contributed by atoms with Gasteiger partial charge in [0.2, 0.25) is 15.9 Å². The van der Waals surface area contributed by atoms with Crippen molar-refractivity contribution in [3.8, 4) is 0 Å². The van der Waals surface area contributed by atoms with Gasteiger partial charge in [0.15, 0.2) is 0 Å². The second-order valence-electron chi connectivity index (χ2n) is 5.00. The van der Waals surface area contributed by atoms with E-state index in [1.54, 1.807) is 30.3 Å². The highest BCUT2D eigenvalue weighted by Gasteiger charge is 2.11. The molecule has 0 fully saturated rings. The summed E-state index contributed by atoms with van der Waals surface area (Å²) in [5.74, 6) is -0.203. The average molecular weight is 387 g/mol. The van der Waals surface area contributed by atoms with Crippen molar-refractivity contribution in [1.82, 2.24) is 4.72 Å². The Balaban J connectivity index is 1.96. The number of halogens is 2. The van der Waals surface area contributed by atoms with E-state index in [1.165, 1.54) is 19.2 Å². The average Bonchev–Trinajstić information content (AvgIpc) is 2.57. The molecule has 2 N–H and O–H groups in total. The van der Waals surface area contributed by atoms with Crippen LogP contribution in [0.5, 0.6) is 0 Å². The van der Waals surface area contributed by atoms with Crippen molar-refractivity contribution in [1.29, 1.82) is 0 Å². The summed E-state index contributed by atoms with van der Waals surface area (Å²) in [6.45, 7) is 0. The lowest BCUT2D eigenvalue weighted by Gasteiger charge is -2.08. The maximum Gasteiger partial charge on any atom is 0.240 e. The van der Waals surface area contributed by atoms with Gasteiger partial charge in [-0.1, -0.05) is 41.4 Å². The van der Waals surface area contributed by atoms with Crippen LogP contribution in [-0.2, 0) is 21.2 Å². The molecule has 0 aromatic heterocycles. The molecule has 2 rings (SSSR count). The van der Waals surface area contributed by atoms with Crippen LogP contribution in [0.4, 0.5) is 5.69 Å². The Kier molecular flexibility index (Phi) is 6.23. The summed E-state index contributed by atoms with van der Waals surface area (Å²) in [4.78, 5) is 12.2. The number of hydrogen-bond donors (Lipinski definition) is 2. The van der Waals surface area contributed by atoms with E-state index in [1.807, 2.05) is 0 Å². The molecule has 2 aromatic rings. The number of carbonyl (C=O) groups excluding carboxylic acids is 1. The summed E-state index contributed by atoms with van der Waals surface area (Å²) in [6, 6.07) is 11.4. The Morgan fingerprint density at radius 2 is 1.75 bits per heavy atom. The van der Waals surface area contributed by atoms with Crippen LogP contribution < -0.4 is 10.0 Å². The van der Waals surface area contributed by atoms with Crippen LogP contribution in [0.3, 0.4) is 0 Å². The molecule has 0 atom stereocenters. The first kappa shape index (κ1) is 18.7. The minimum atomic E-state index is -3.45. The van der Waals surface area contributed by atoms with E-state index < -0.39 is 10.0 Å². The summed E-state index contributed by atoms with van der Waals surface area (Å²) < 4.78 is 25.5.